The number of H-pyrrole nitrogens is 1. The number of sulfonamides is 1. The van der Waals surface area contributed by atoms with Crippen LogP contribution in [-0.4, -0.2) is 62.1 Å². The van der Waals surface area contributed by atoms with E-state index in [9.17, 15) is 22.4 Å². The highest BCUT2D eigenvalue weighted by molar-refractivity contribution is 7.89. The number of amides is 1. The van der Waals surface area contributed by atoms with E-state index in [2.05, 4.69) is 10.3 Å². The van der Waals surface area contributed by atoms with Crippen LogP contribution in [0.4, 0.5) is 10.1 Å². The summed E-state index contributed by atoms with van der Waals surface area (Å²) >= 11 is 0. The quantitative estimate of drug-likeness (QED) is 0.642. The first-order valence-corrected chi connectivity index (χ1v) is 10.9. The molecule has 2 aromatic rings. The van der Waals surface area contributed by atoms with Gasteiger partial charge in [0, 0.05) is 45.0 Å². The summed E-state index contributed by atoms with van der Waals surface area (Å²) in [4.78, 5) is 27.2. The fourth-order valence-corrected chi connectivity index (χ4v) is 4.64. The number of piperazine rings is 1. The van der Waals surface area contributed by atoms with Crippen LogP contribution in [-0.2, 0) is 10.0 Å². The molecule has 1 fully saturated rings. The van der Waals surface area contributed by atoms with Crippen LogP contribution in [0, 0.1) is 5.82 Å². The Balaban J connectivity index is 1.44. The third kappa shape index (κ3) is 5.42. The van der Waals surface area contributed by atoms with Crippen LogP contribution in [0.5, 0.6) is 0 Å². The van der Waals surface area contributed by atoms with Crippen molar-refractivity contribution in [3.63, 3.8) is 0 Å². The van der Waals surface area contributed by atoms with Crippen LogP contribution in [0.3, 0.4) is 0 Å². The summed E-state index contributed by atoms with van der Waals surface area (Å²) in [5, 5.41) is 2.63. The summed E-state index contributed by atoms with van der Waals surface area (Å²) in [6.07, 6.45) is 1.58. The Labute approximate surface area is 168 Å². The lowest BCUT2D eigenvalue weighted by Crippen LogP contribution is -2.49. The number of anilines is 1. The standard InChI is InChI=1S/C19H23FN4O4S/c20-16-4-1-2-5-17(16)23-9-11-24(12-10-23)29(27,28)13-3-8-21-19(26)15-6-7-18(25)22-14-15/h1-2,4-7,14H,3,8-13H2,(H,21,26)(H,22,25). The van der Waals surface area contributed by atoms with E-state index in [4.69, 9.17) is 0 Å². The topological polar surface area (TPSA) is 103 Å². The third-order valence-electron chi connectivity index (χ3n) is 4.74. The number of hydrogen-bond acceptors (Lipinski definition) is 5. The van der Waals surface area contributed by atoms with Crippen LogP contribution in [0.15, 0.2) is 47.4 Å². The number of aromatic nitrogens is 1. The summed E-state index contributed by atoms with van der Waals surface area (Å²) in [5.74, 6) is -0.780. The van der Waals surface area contributed by atoms with Crippen molar-refractivity contribution in [1.29, 1.82) is 0 Å². The van der Waals surface area contributed by atoms with Gasteiger partial charge in [0.2, 0.25) is 15.6 Å². The number of rotatable bonds is 7. The SMILES string of the molecule is O=C(NCCCS(=O)(=O)N1CCN(c2ccccc2F)CC1)c1ccc(=O)[nH]c1. The molecule has 1 aromatic carbocycles. The van der Waals surface area contributed by atoms with Crippen molar-refractivity contribution in [2.45, 2.75) is 6.42 Å². The first kappa shape index (κ1) is 21.0. The second-order valence-electron chi connectivity index (χ2n) is 6.70. The summed E-state index contributed by atoms with van der Waals surface area (Å²) in [6, 6.07) is 9.10. The zero-order chi connectivity index (χ0) is 20.9. The molecular formula is C19H23FN4O4S. The summed E-state index contributed by atoms with van der Waals surface area (Å²) in [6.45, 7) is 1.62. The number of halogens is 1. The van der Waals surface area contributed by atoms with Crippen molar-refractivity contribution in [3.8, 4) is 0 Å². The predicted molar refractivity (Wildman–Crippen MR) is 108 cm³/mol. The summed E-state index contributed by atoms with van der Waals surface area (Å²) in [5.41, 5.74) is 0.481. The Morgan fingerprint density at radius 1 is 1.10 bits per heavy atom. The minimum Gasteiger partial charge on any atom is -0.367 e. The lowest BCUT2D eigenvalue weighted by atomic mass is 10.2. The van der Waals surface area contributed by atoms with E-state index in [-0.39, 0.29) is 36.0 Å². The molecule has 1 aliphatic rings. The van der Waals surface area contributed by atoms with Crippen molar-refractivity contribution < 1.29 is 17.6 Å². The number of carbonyl (C=O) groups excluding carboxylic acids is 1. The van der Waals surface area contributed by atoms with Gasteiger partial charge < -0.3 is 15.2 Å². The fourth-order valence-electron chi connectivity index (χ4n) is 3.15. The molecule has 8 nitrogen and oxygen atoms in total. The number of hydrogen-bond donors (Lipinski definition) is 2. The predicted octanol–water partition coefficient (Wildman–Crippen LogP) is 0.786. The maximum atomic E-state index is 13.9. The van der Waals surface area contributed by atoms with Crippen molar-refractivity contribution >= 4 is 21.6 Å². The van der Waals surface area contributed by atoms with Crippen LogP contribution >= 0.6 is 0 Å². The molecule has 2 heterocycles. The Morgan fingerprint density at radius 2 is 1.83 bits per heavy atom. The van der Waals surface area contributed by atoms with E-state index in [0.29, 0.717) is 37.4 Å². The number of para-hydroxylation sites is 1. The molecule has 0 radical (unpaired) electrons. The fraction of sp³-hybridized carbons (Fsp3) is 0.368. The minimum absolute atomic E-state index is 0.0847. The first-order chi connectivity index (χ1) is 13.9. The molecule has 156 valence electrons. The molecule has 0 atom stereocenters. The molecule has 0 aliphatic carbocycles. The maximum Gasteiger partial charge on any atom is 0.252 e. The zero-order valence-corrected chi connectivity index (χ0v) is 16.6. The molecule has 1 amide bonds. The number of aromatic amines is 1. The van der Waals surface area contributed by atoms with Crippen LogP contribution in [0.1, 0.15) is 16.8 Å². The smallest absolute Gasteiger partial charge is 0.252 e. The van der Waals surface area contributed by atoms with E-state index in [1.165, 1.54) is 28.7 Å². The molecule has 29 heavy (non-hydrogen) atoms. The second-order valence-corrected chi connectivity index (χ2v) is 8.79. The molecule has 0 unspecified atom stereocenters. The van der Waals surface area contributed by atoms with Gasteiger partial charge in [0.1, 0.15) is 5.82 Å². The molecule has 10 heteroatoms. The third-order valence-corrected chi connectivity index (χ3v) is 6.69. The van der Waals surface area contributed by atoms with Crippen molar-refractivity contribution in [3.05, 3.63) is 64.3 Å². The number of nitrogens with zero attached hydrogens (tertiary/aromatic N) is 2. The zero-order valence-electron chi connectivity index (χ0n) is 15.8. The lowest BCUT2D eigenvalue weighted by Gasteiger charge is -2.35. The van der Waals surface area contributed by atoms with Gasteiger partial charge in [-0.1, -0.05) is 12.1 Å². The van der Waals surface area contributed by atoms with Gasteiger partial charge in [-0.05, 0) is 24.6 Å². The lowest BCUT2D eigenvalue weighted by molar-refractivity contribution is 0.0953. The van der Waals surface area contributed by atoms with Gasteiger partial charge in [-0.15, -0.1) is 0 Å². The Bertz CT molecular complexity index is 996. The van der Waals surface area contributed by atoms with E-state index >= 15 is 0 Å². The molecule has 2 N–H and O–H groups in total. The van der Waals surface area contributed by atoms with Crippen LogP contribution in [0.2, 0.25) is 0 Å². The van der Waals surface area contributed by atoms with E-state index in [1.54, 1.807) is 18.2 Å². The average Bonchev–Trinajstić information content (AvgIpc) is 2.72. The number of benzene rings is 1. The van der Waals surface area contributed by atoms with E-state index in [1.807, 2.05) is 4.90 Å². The largest absolute Gasteiger partial charge is 0.367 e. The molecule has 0 bridgehead atoms. The van der Waals surface area contributed by atoms with Gasteiger partial charge in [-0.2, -0.15) is 4.31 Å². The molecule has 1 aliphatic heterocycles. The normalized spacial score (nSPS) is 15.3. The molecule has 3 rings (SSSR count). The van der Waals surface area contributed by atoms with Crippen molar-refractivity contribution in [2.24, 2.45) is 0 Å². The van der Waals surface area contributed by atoms with Crippen LogP contribution < -0.4 is 15.8 Å². The van der Waals surface area contributed by atoms with Crippen molar-refractivity contribution in [2.75, 3.05) is 43.4 Å². The van der Waals surface area contributed by atoms with Gasteiger partial charge in [-0.3, -0.25) is 9.59 Å². The van der Waals surface area contributed by atoms with Gasteiger partial charge in [0.05, 0.1) is 17.0 Å². The number of nitrogens with one attached hydrogen (secondary N) is 2. The molecule has 0 spiro atoms. The molecule has 1 saturated heterocycles. The van der Waals surface area contributed by atoms with Crippen LogP contribution in [0.25, 0.3) is 0 Å². The van der Waals surface area contributed by atoms with Gasteiger partial charge in [0.15, 0.2) is 0 Å². The summed E-state index contributed by atoms with van der Waals surface area (Å²) < 4.78 is 40.4. The first-order valence-electron chi connectivity index (χ1n) is 9.31. The molecule has 1 aromatic heterocycles. The second kappa shape index (κ2) is 9.19. The maximum absolute atomic E-state index is 13.9. The highest BCUT2D eigenvalue weighted by Crippen LogP contribution is 2.21. The number of carbonyl (C=O) groups is 1. The van der Waals surface area contributed by atoms with Gasteiger partial charge >= 0.3 is 0 Å². The minimum atomic E-state index is -3.45. The average molecular weight is 422 g/mol. The monoisotopic (exact) mass is 422 g/mol. The van der Waals surface area contributed by atoms with E-state index in [0.717, 1.165) is 0 Å². The molecular weight excluding hydrogens is 399 g/mol. The highest BCUT2D eigenvalue weighted by atomic mass is 32.2. The Kier molecular flexibility index (Phi) is 6.65. The van der Waals surface area contributed by atoms with E-state index < -0.39 is 10.0 Å². The number of pyridine rings is 1. The summed E-state index contributed by atoms with van der Waals surface area (Å²) in [7, 11) is -3.45. The van der Waals surface area contributed by atoms with Gasteiger partial charge in [-0.25, -0.2) is 12.8 Å². The highest BCUT2D eigenvalue weighted by Gasteiger charge is 2.27. The van der Waals surface area contributed by atoms with Crippen molar-refractivity contribution in [1.82, 2.24) is 14.6 Å². The Morgan fingerprint density at radius 3 is 2.48 bits per heavy atom. The molecule has 0 saturated carbocycles. The van der Waals surface area contributed by atoms with Gasteiger partial charge in [0.25, 0.3) is 5.91 Å². The Hall–Kier alpha value is -2.72.